The molecule has 0 spiro atoms. The molecule has 1 unspecified atom stereocenters. The number of azide groups is 1. The summed E-state index contributed by atoms with van der Waals surface area (Å²) in [7, 11) is 0. The van der Waals surface area contributed by atoms with Crippen molar-refractivity contribution in [1.29, 1.82) is 0 Å². The number of hydrogen-bond acceptors (Lipinski definition) is 4. The molecular weight excluding hydrogens is 174 g/mol. The summed E-state index contributed by atoms with van der Waals surface area (Å²) in [6.45, 7) is 3.67. The number of ether oxygens (including phenoxy) is 2. The molecule has 1 fully saturated rings. The first-order valence-electron chi connectivity index (χ1n) is 4.06. The molecule has 0 radical (unpaired) electrons. The number of hydrogen-bond donors (Lipinski definition) is 1. The molecule has 1 saturated heterocycles. The monoisotopic (exact) mass is 187 g/mol. The van der Waals surface area contributed by atoms with E-state index < -0.39 is 11.8 Å². The van der Waals surface area contributed by atoms with Crippen molar-refractivity contribution in [2.24, 2.45) is 5.11 Å². The highest BCUT2D eigenvalue weighted by molar-refractivity contribution is 4.82. The van der Waals surface area contributed by atoms with Crippen LogP contribution in [0.25, 0.3) is 10.4 Å². The standard InChI is InChI=1S/C7H13N3O3/c1-7(2)12-4-6(13-7)5(3-11)9-10-8/h5-6,11H,3-4H2,1-2H3/t5?,6-/m0/s1. The van der Waals surface area contributed by atoms with Gasteiger partial charge in [-0.15, -0.1) is 0 Å². The molecule has 0 aromatic rings. The molecule has 6 nitrogen and oxygen atoms in total. The molecule has 74 valence electrons. The van der Waals surface area contributed by atoms with Crippen LogP contribution in [0.5, 0.6) is 0 Å². The molecule has 1 rings (SSSR count). The van der Waals surface area contributed by atoms with Crippen LogP contribution in [0.4, 0.5) is 0 Å². The molecule has 1 N–H and O–H groups in total. The minimum Gasteiger partial charge on any atom is -0.396 e. The van der Waals surface area contributed by atoms with E-state index in [-0.39, 0.29) is 12.7 Å². The zero-order valence-electron chi connectivity index (χ0n) is 7.67. The maximum atomic E-state index is 8.89. The minimum absolute atomic E-state index is 0.228. The van der Waals surface area contributed by atoms with Crippen molar-refractivity contribution < 1.29 is 14.6 Å². The Morgan fingerprint density at radius 2 is 2.46 bits per heavy atom. The summed E-state index contributed by atoms with van der Waals surface area (Å²) in [6.07, 6.45) is -0.351. The highest BCUT2D eigenvalue weighted by atomic mass is 16.7. The number of nitrogens with zero attached hydrogens (tertiary/aromatic N) is 3. The maximum Gasteiger partial charge on any atom is 0.163 e. The Morgan fingerprint density at radius 3 is 2.85 bits per heavy atom. The van der Waals surface area contributed by atoms with Crippen molar-refractivity contribution >= 4 is 0 Å². The zero-order valence-corrected chi connectivity index (χ0v) is 7.67. The second kappa shape index (κ2) is 3.93. The maximum absolute atomic E-state index is 8.89. The van der Waals surface area contributed by atoms with E-state index in [1.54, 1.807) is 13.8 Å². The van der Waals surface area contributed by atoms with Crippen molar-refractivity contribution in [3.63, 3.8) is 0 Å². The van der Waals surface area contributed by atoms with E-state index in [9.17, 15) is 0 Å². The highest BCUT2D eigenvalue weighted by Crippen LogP contribution is 2.25. The normalized spacial score (nSPS) is 28.1. The second-order valence-electron chi connectivity index (χ2n) is 3.32. The molecule has 0 aromatic heterocycles. The lowest BCUT2D eigenvalue weighted by molar-refractivity contribution is -0.141. The smallest absolute Gasteiger partial charge is 0.163 e. The van der Waals surface area contributed by atoms with Crippen LogP contribution in [0.1, 0.15) is 13.8 Å². The summed E-state index contributed by atoms with van der Waals surface area (Å²) in [4.78, 5) is 2.63. The van der Waals surface area contributed by atoms with Gasteiger partial charge in [-0.2, -0.15) is 0 Å². The second-order valence-corrected chi connectivity index (χ2v) is 3.32. The molecule has 1 heterocycles. The van der Waals surface area contributed by atoms with Gasteiger partial charge in [-0.25, -0.2) is 0 Å². The lowest BCUT2D eigenvalue weighted by atomic mass is 10.2. The van der Waals surface area contributed by atoms with E-state index in [2.05, 4.69) is 10.0 Å². The van der Waals surface area contributed by atoms with Gasteiger partial charge < -0.3 is 14.6 Å². The van der Waals surface area contributed by atoms with Crippen LogP contribution < -0.4 is 0 Å². The van der Waals surface area contributed by atoms with Crippen LogP contribution in [0.3, 0.4) is 0 Å². The predicted molar refractivity (Wildman–Crippen MR) is 44.9 cm³/mol. The summed E-state index contributed by atoms with van der Waals surface area (Å²) in [5.41, 5.74) is 8.21. The van der Waals surface area contributed by atoms with Gasteiger partial charge in [-0.05, 0) is 19.4 Å². The third-order valence-electron chi connectivity index (χ3n) is 1.85. The van der Waals surface area contributed by atoms with Gasteiger partial charge >= 0.3 is 0 Å². The third-order valence-corrected chi connectivity index (χ3v) is 1.85. The van der Waals surface area contributed by atoms with E-state index in [0.717, 1.165) is 0 Å². The van der Waals surface area contributed by atoms with Crippen LogP contribution in [0, 0.1) is 0 Å². The first-order chi connectivity index (χ1) is 6.09. The Balaban J connectivity index is 2.57. The lowest BCUT2D eigenvalue weighted by Crippen LogP contribution is -2.31. The largest absolute Gasteiger partial charge is 0.396 e. The van der Waals surface area contributed by atoms with Gasteiger partial charge in [-0.1, -0.05) is 5.11 Å². The van der Waals surface area contributed by atoms with Crippen LogP contribution in [0.15, 0.2) is 5.11 Å². The van der Waals surface area contributed by atoms with Crippen LogP contribution >= 0.6 is 0 Å². The van der Waals surface area contributed by atoms with Crippen molar-refractivity contribution in [1.82, 2.24) is 0 Å². The van der Waals surface area contributed by atoms with Crippen LogP contribution in [-0.2, 0) is 9.47 Å². The summed E-state index contributed by atoms with van der Waals surface area (Å²) in [6, 6.07) is -0.563. The van der Waals surface area contributed by atoms with E-state index in [0.29, 0.717) is 6.61 Å². The molecule has 0 aromatic carbocycles. The highest BCUT2D eigenvalue weighted by Gasteiger charge is 2.36. The Kier molecular flexibility index (Phi) is 3.11. The topological polar surface area (TPSA) is 87.5 Å². The first-order valence-corrected chi connectivity index (χ1v) is 4.06. The van der Waals surface area contributed by atoms with Crippen molar-refractivity contribution in [3.8, 4) is 0 Å². The Labute approximate surface area is 76.1 Å². The molecule has 1 aliphatic heterocycles. The Hall–Kier alpha value is -0.810. The summed E-state index contributed by atoms with van der Waals surface area (Å²) in [5.74, 6) is -0.650. The fourth-order valence-electron chi connectivity index (χ4n) is 1.20. The van der Waals surface area contributed by atoms with E-state index in [1.807, 2.05) is 0 Å². The van der Waals surface area contributed by atoms with Gasteiger partial charge in [0.05, 0.1) is 25.4 Å². The molecule has 0 saturated carbocycles. The van der Waals surface area contributed by atoms with Crippen LogP contribution in [0.2, 0.25) is 0 Å². The number of aliphatic hydroxyl groups excluding tert-OH is 1. The van der Waals surface area contributed by atoms with Gasteiger partial charge in [0.25, 0.3) is 0 Å². The van der Waals surface area contributed by atoms with Gasteiger partial charge in [0.15, 0.2) is 5.79 Å². The summed E-state index contributed by atoms with van der Waals surface area (Å²) in [5, 5.41) is 12.3. The molecule has 0 aliphatic carbocycles. The van der Waals surface area contributed by atoms with Gasteiger partial charge in [0.2, 0.25) is 0 Å². The molecule has 0 bridgehead atoms. The quantitative estimate of drug-likeness (QED) is 0.403. The van der Waals surface area contributed by atoms with Gasteiger partial charge in [-0.3, -0.25) is 0 Å². The summed E-state index contributed by atoms with van der Waals surface area (Å²) < 4.78 is 10.7. The molecule has 1 aliphatic rings. The summed E-state index contributed by atoms with van der Waals surface area (Å²) >= 11 is 0. The van der Waals surface area contributed by atoms with E-state index in [4.69, 9.17) is 20.1 Å². The average molecular weight is 187 g/mol. The Bertz CT molecular complexity index is 225. The van der Waals surface area contributed by atoms with Gasteiger partial charge in [0.1, 0.15) is 0 Å². The average Bonchev–Trinajstić information content (AvgIpc) is 2.42. The van der Waals surface area contributed by atoms with Crippen molar-refractivity contribution in [2.45, 2.75) is 31.8 Å². The number of aliphatic hydroxyl groups is 1. The zero-order chi connectivity index (χ0) is 9.90. The molecular formula is C7H13N3O3. The molecule has 13 heavy (non-hydrogen) atoms. The SMILES string of the molecule is CC1(C)OC[C@@H](C(CO)N=[N+]=[N-])O1. The van der Waals surface area contributed by atoms with Crippen LogP contribution in [-0.4, -0.2) is 36.3 Å². The van der Waals surface area contributed by atoms with E-state index in [1.165, 1.54) is 0 Å². The van der Waals surface area contributed by atoms with Crippen molar-refractivity contribution in [2.75, 3.05) is 13.2 Å². The fraction of sp³-hybridized carbons (Fsp3) is 1.00. The fourth-order valence-corrected chi connectivity index (χ4v) is 1.20. The predicted octanol–water partition coefficient (Wildman–Crippen LogP) is 0.809. The Morgan fingerprint density at radius 1 is 1.77 bits per heavy atom. The first kappa shape index (κ1) is 10.3. The molecule has 6 heteroatoms. The number of rotatable bonds is 3. The molecule has 0 amide bonds. The van der Waals surface area contributed by atoms with Crippen molar-refractivity contribution in [3.05, 3.63) is 10.4 Å². The lowest BCUT2D eigenvalue weighted by Gasteiger charge is -2.19. The molecule has 2 atom stereocenters. The van der Waals surface area contributed by atoms with Gasteiger partial charge in [0, 0.05) is 4.91 Å². The minimum atomic E-state index is -0.650. The third kappa shape index (κ3) is 2.57. The van der Waals surface area contributed by atoms with E-state index >= 15 is 0 Å².